The maximum atomic E-state index is 14.2. The summed E-state index contributed by atoms with van der Waals surface area (Å²) in [5.74, 6) is -4.10. The van der Waals surface area contributed by atoms with Gasteiger partial charge in [0.2, 0.25) is 5.91 Å². The third-order valence-electron chi connectivity index (χ3n) is 4.48. The molecular formula is C21H23BF2N2O5. The van der Waals surface area contributed by atoms with Crippen LogP contribution in [-0.4, -0.2) is 42.0 Å². The quantitative estimate of drug-likeness (QED) is 0.319. The van der Waals surface area contributed by atoms with Gasteiger partial charge in [0, 0.05) is 6.42 Å². The molecule has 164 valence electrons. The van der Waals surface area contributed by atoms with Crippen LogP contribution in [0.2, 0.25) is 0 Å². The van der Waals surface area contributed by atoms with Gasteiger partial charge in [-0.1, -0.05) is 36.4 Å². The van der Waals surface area contributed by atoms with Crippen LogP contribution >= 0.6 is 0 Å². The molecule has 0 aromatic heterocycles. The van der Waals surface area contributed by atoms with Crippen molar-refractivity contribution in [2.75, 3.05) is 11.4 Å². The molecule has 0 aliphatic rings. The Morgan fingerprint density at radius 1 is 1.26 bits per heavy atom. The van der Waals surface area contributed by atoms with E-state index in [1.807, 2.05) is 32.0 Å². The average Bonchev–Trinajstić information content (AvgIpc) is 2.69. The summed E-state index contributed by atoms with van der Waals surface area (Å²) in [6.07, 6.45) is -0.204. The van der Waals surface area contributed by atoms with Gasteiger partial charge in [0.1, 0.15) is 12.8 Å². The highest BCUT2D eigenvalue weighted by molar-refractivity contribution is 6.32. The molecule has 1 atom stereocenters. The molecule has 10 heteroatoms. The fraction of sp³-hybridized carbons (Fsp3) is 0.238. The standard InChI is InChI=1S/C21H23BF2N2O5/c1-4-20(28)26(17-7-5-6-16(23)21(17)24)12-18(27)25-19(31-22(29)30)11-15-9-8-13(2)10-14(15)3/h4-10,19,29-30H,1,11-12H2,2-3H3,(H,25,27)/t19-/m1/s1. The van der Waals surface area contributed by atoms with Crippen LogP contribution in [0.1, 0.15) is 16.7 Å². The summed E-state index contributed by atoms with van der Waals surface area (Å²) >= 11 is 0. The lowest BCUT2D eigenvalue weighted by Crippen LogP contribution is -2.47. The number of halogens is 2. The normalized spacial score (nSPS) is 11.5. The fourth-order valence-electron chi connectivity index (χ4n) is 3.02. The predicted molar refractivity (Wildman–Crippen MR) is 112 cm³/mol. The molecule has 3 N–H and O–H groups in total. The zero-order chi connectivity index (χ0) is 23.1. The Bertz CT molecular complexity index is 971. The fourth-order valence-corrected chi connectivity index (χ4v) is 3.02. The molecule has 0 saturated carbocycles. The molecule has 0 unspecified atom stereocenters. The van der Waals surface area contributed by atoms with Crippen LogP contribution < -0.4 is 10.2 Å². The van der Waals surface area contributed by atoms with E-state index in [4.69, 9.17) is 4.65 Å². The molecule has 2 amide bonds. The van der Waals surface area contributed by atoms with Gasteiger partial charge in [-0.05, 0) is 43.2 Å². The summed E-state index contributed by atoms with van der Waals surface area (Å²) in [5, 5.41) is 20.8. The highest BCUT2D eigenvalue weighted by atomic mass is 19.2. The topological polar surface area (TPSA) is 99.1 Å². The number of rotatable bonds is 9. The van der Waals surface area contributed by atoms with Crippen molar-refractivity contribution >= 4 is 24.8 Å². The van der Waals surface area contributed by atoms with Gasteiger partial charge in [0.15, 0.2) is 11.6 Å². The van der Waals surface area contributed by atoms with Gasteiger partial charge in [0.25, 0.3) is 5.91 Å². The zero-order valence-corrected chi connectivity index (χ0v) is 17.1. The maximum absolute atomic E-state index is 14.2. The van der Waals surface area contributed by atoms with Crippen LogP contribution in [0.15, 0.2) is 49.1 Å². The monoisotopic (exact) mass is 432 g/mol. The molecule has 31 heavy (non-hydrogen) atoms. The number of carbonyl (C=O) groups excluding carboxylic acids is 2. The van der Waals surface area contributed by atoms with Crippen LogP contribution in [-0.2, 0) is 20.7 Å². The van der Waals surface area contributed by atoms with E-state index in [1.54, 1.807) is 0 Å². The molecular weight excluding hydrogens is 409 g/mol. The Morgan fingerprint density at radius 2 is 1.97 bits per heavy atom. The smallest absolute Gasteiger partial charge is 0.402 e. The summed E-state index contributed by atoms with van der Waals surface area (Å²) in [7, 11) is -2.16. The number of benzene rings is 2. The van der Waals surface area contributed by atoms with E-state index >= 15 is 0 Å². The number of aryl methyl sites for hydroxylation is 2. The molecule has 0 radical (unpaired) electrons. The van der Waals surface area contributed by atoms with Crippen molar-refractivity contribution in [3.63, 3.8) is 0 Å². The van der Waals surface area contributed by atoms with Crippen molar-refractivity contribution in [2.45, 2.75) is 26.5 Å². The second-order valence-electron chi connectivity index (χ2n) is 6.85. The van der Waals surface area contributed by atoms with Gasteiger partial charge in [-0.15, -0.1) is 0 Å². The van der Waals surface area contributed by atoms with Crippen molar-refractivity contribution in [3.05, 3.63) is 77.4 Å². The summed E-state index contributed by atoms with van der Waals surface area (Å²) in [4.78, 5) is 25.4. The first-order chi connectivity index (χ1) is 14.6. The first-order valence-corrected chi connectivity index (χ1v) is 9.37. The number of hydrogen-bond acceptors (Lipinski definition) is 5. The lowest BCUT2D eigenvalue weighted by molar-refractivity contribution is -0.124. The van der Waals surface area contributed by atoms with Crippen molar-refractivity contribution in [1.82, 2.24) is 5.32 Å². The van der Waals surface area contributed by atoms with Gasteiger partial charge < -0.3 is 20.0 Å². The summed E-state index contributed by atoms with van der Waals surface area (Å²) < 4.78 is 32.7. The molecule has 0 spiro atoms. The number of nitrogens with zero attached hydrogens (tertiary/aromatic N) is 1. The number of carbonyl (C=O) groups is 2. The van der Waals surface area contributed by atoms with Gasteiger partial charge in [0.05, 0.1) is 5.69 Å². The second-order valence-corrected chi connectivity index (χ2v) is 6.85. The number of hydrogen-bond donors (Lipinski definition) is 3. The van der Waals surface area contributed by atoms with E-state index < -0.39 is 49.2 Å². The first-order valence-electron chi connectivity index (χ1n) is 9.37. The largest absolute Gasteiger partial charge is 0.635 e. The lowest BCUT2D eigenvalue weighted by Gasteiger charge is -2.24. The van der Waals surface area contributed by atoms with E-state index in [1.165, 1.54) is 6.07 Å². The minimum absolute atomic E-state index is 0.0964. The molecule has 0 fully saturated rings. The SMILES string of the molecule is C=CC(=O)N(CC(=O)N[C@@H](Cc1ccc(C)cc1C)OB(O)O)c1cccc(F)c1F. The van der Waals surface area contributed by atoms with Crippen molar-refractivity contribution in [1.29, 1.82) is 0 Å². The molecule has 7 nitrogen and oxygen atoms in total. The Balaban J connectivity index is 2.21. The lowest BCUT2D eigenvalue weighted by atomic mass is 10.0. The molecule has 0 heterocycles. The summed E-state index contributed by atoms with van der Waals surface area (Å²) in [6.45, 7) is 6.40. The van der Waals surface area contributed by atoms with E-state index in [0.29, 0.717) is 4.90 Å². The number of nitrogens with one attached hydrogen (secondary N) is 1. The van der Waals surface area contributed by atoms with Crippen LogP contribution in [0.4, 0.5) is 14.5 Å². The van der Waals surface area contributed by atoms with Gasteiger partial charge in [-0.3, -0.25) is 14.5 Å². The third kappa shape index (κ3) is 6.71. The highest BCUT2D eigenvalue weighted by Gasteiger charge is 2.25. The van der Waals surface area contributed by atoms with Crippen molar-refractivity contribution in [3.8, 4) is 0 Å². The molecule has 0 aliphatic heterocycles. The maximum Gasteiger partial charge on any atom is 0.635 e. The van der Waals surface area contributed by atoms with Crippen LogP contribution in [0.5, 0.6) is 0 Å². The molecule has 2 rings (SSSR count). The molecule has 0 saturated heterocycles. The summed E-state index contributed by atoms with van der Waals surface area (Å²) in [6, 6.07) is 8.81. The third-order valence-corrected chi connectivity index (χ3v) is 4.48. The average molecular weight is 432 g/mol. The highest BCUT2D eigenvalue weighted by Crippen LogP contribution is 2.22. The second kappa shape index (κ2) is 10.8. The van der Waals surface area contributed by atoms with Crippen molar-refractivity contribution in [2.24, 2.45) is 0 Å². The minimum Gasteiger partial charge on any atom is -0.402 e. The van der Waals surface area contributed by atoms with Crippen LogP contribution in [0.3, 0.4) is 0 Å². The van der Waals surface area contributed by atoms with Crippen LogP contribution in [0.25, 0.3) is 0 Å². The van der Waals surface area contributed by atoms with Crippen LogP contribution in [0, 0.1) is 25.5 Å². The number of anilines is 1. The molecule has 2 aromatic carbocycles. The van der Waals surface area contributed by atoms with Gasteiger partial charge in [-0.25, -0.2) is 8.78 Å². The minimum atomic E-state index is -2.16. The zero-order valence-electron chi connectivity index (χ0n) is 17.1. The summed E-state index contributed by atoms with van der Waals surface area (Å²) in [5.41, 5.74) is 2.28. The Morgan fingerprint density at radius 3 is 2.58 bits per heavy atom. The number of amides is 2. The van der Waals surface area contributed by atoms with E-state index in [0.717, 1.165) is 34.9 Å². The molecule has 2 aromatic rings. The van der Waals surface area contributed by atoms with Crippen molar-refractivity contribution < 1.29 is 33.1 Å². The molecule has 0 aliphatic carbocycles. The Hall–Kier alpha value is -3.08. The van der Waals surface area contributed by atoms with E-state index in [9.17, 15) is 28.4 Å². The first kappa shape index (κ1) is 24.2. The molecule has 0 bridgehead atoms. The van der Waals surface area contributed by atoms with E-state index in [-0.39, 0.29) is 6.42 Å². The Kier molecular flexibility index (Phi) is 8.43. The van der Waals surface area contributed by atoms with Gasteiger partial charge >= 0.3 is 7.32 Å². The van der Waals surface area contributed by atoms with E-state index in [2.05, 4.69) is 11.9 Å². The predicted octanol–water partition coefficient (Wildman–Crippen LogP) is 1.77. The van der Waals surface area contributed by atoms with Gasteiger partial charge in [-0.2, -0.15) is 0 Å². The Labute approximate surface area is 179 Å².